The monoisotopic (exact) mass is 280 g/mol. The average Bonchev–Trinajstić information content (AvgIpc) is 2.88. The van der Waals surface area contributed by atoms with Crippen molar-refractivity contribution < 1.29 is 19.8 Å². The predicted molar refractivity (Wildman–Crippen MR) is 74.2 cm³/mol. The highest BCUT2D eigenvalue weighted by molar-refractivity contribution is 6.27. The van der Waals surface area contributed by atoms with Crippen molar-refractivity contribution in [1.82, 2.24) is 4.90 Å². The number of nitrogens with two attached hydrogens (primary N) is 1. The number of hydrogen-bond donors (Lipinski definition) is 3. The SMILES string of the molecule is NCC1CCN(Cc2ccccc2)C1.O=C(O)C(=O)O. The fourth-order valence-electron chi connectivity index (χ4n) is 2.09. The van der Waals surface area contributed by atoms with Gasteiger partial charge >= 0.3 is 11.9 Å². The maximum absolute atomic E-state index is 9.10. The Morgan fingerprint density at radius 2 is 1.80 bits per heavy atom. The number of benzene rings is 1. The third-order valence-electron chi connectivity index (χ3n) is 3.14. The summed E-state index contributed by atoms with van der Waals surface area (Å²) < 4.78 is 0. The second kappa shape index (κ2) is 8.29. The molecule has 2 rings (SSSR count). The van der Waals surface area contributed by atoms with E-state index in [4.69, 9.17) is 25.5 Å². The molecule has 1 aromatic rings. The topological polar surface area (TPSA) is 104 Å². The fourth-order valence-corrected chi connectivity index (χ4v) is 2.09. The zero-order chi connectivity index (χ0) is 15.0. The van der Waals surface area contributed by atoms with Crippen LogP contribution in [0.25, 0.3) is 0 Å². The van der Waals surface area contributed by atoms with E-state index in [1.165, 1.54) is 25.1 Å². The first kappa shape index (κ1) is 16.1. The molecule has 1 aromatic carbocycles. The van der Waals surface area contributed by atoms with Gasteiger partial charge in [0.1, 0.15) is 0 Å². The Kier molecular flexibility index (Phi) is 6.69. The molecular formula is C14H20N2O4. The second-order valence-corrected chi connectivity index (χ2v) is 4.72. The van der Waals surface area contributed by atoms with Crippen LogP contribution in [0, 0.1) is 5.92 Å². The molecule has 1 fully saturated rings. The van der Waals surface area contributed by atoms with Crippen molar-refractivity contribution in [2.75, 3.05) is 19.6 Å². The van der Waals surface area contributed by atoms with E-state index in [9.17, 15) is 0 Å². The number of aliphatic carboxylic acids is 2. The fraction of sp³-hybridized carbons (Fsp3) is 0.429. The molecule has 1 atom stereocenters. The molecule has 1 unspecified atom stereocenters. The molecule has 0 aromatic heterocycles. The van der Waals surface area contributed by atoms with Crippen LogP contribution in [-0.2, 0) is 16.1 Å². The molecule has 0 spiro atoms. The van der Waals surface area contributed by atoms with E-state index in [2.05, 4.69) is 35.2 Å². The molecule has 0 saturated carbocycles. The third kappa shape index (κ3) is 5.81. The van der Waals surface area contributed by atoms with Crippen molar-refractivity contribution in [3.8, 4) is 0 Å². The Morgan fingerprint density at radius 3 is 2.25 bits per heavy atom. The maximum atomic E-state index is 9.10. The number of carboxylic acids is 2. The van der Waals surface area contributed by atoms with Crippen LogP contribution in [0.15, 0.2) is 30.3 Å². The van der Waals surface area contributed by atoms with E-state index < -0.39 is 11.9 Å². The quantitative estimate of drug-likeness (QED) is 0.701. The Hall–Kier alpha value is -1.92. The summed E-state index contributed by atoms with van der Waals surface area (Å²) in [5, 5.41) is 14.8. The summed E-state index contributed by atoms with van der Waals surface area (Å²) in [6, 6.07) is 10.7. The van der Waals surface area contributed by atoms with Gasteiger partial charge in [0.2, 0.25) is 0 Å². The minimum Gasteiger partial charge on any atom is -0.473 e. The zero-order valence-electron chi connectivity index (χ0n) is 11.2. The minimum absolute atomic E-state index is 0.721. The van der Waals surface area contributed by atoms with Crippen molar-refractivity contribution >= 4 is 11.9 Å². The van der Waals surface area contributed by atoms with Crippen LogP contribution in [0.2, 0.25) is 0 Å². The van der Waals surface area contributed by atoms with Gasteiger partial charge < -0.3 is 15.9 Å². The van der Waals surface area contributed by atoms with E-state index in [-0.39, 0.29) is 0 Å². The van der Waals surface area contributed by atoms with Gasteiger partial charge in [-0.2, -0.15) is 0 Å². The Balaban J connectivity index is 0.000000286. The lowest BCUT2D eigenvalue weighted by atomic mass is 10.1. The normalized spacial score (nSPS) is 18.1. The van der Waals surface area contributed by atoms with Crippen molar-refractivity contribution in [2.24, 2.45) is 11.7 Å². The molecule has 6 nitrogen and oxygen atoms in total. The lowest BCUT2D eigenvalue weighted by molar-refractivity contribution is -0.159. The molecule has 110 valence electrons. The van der Waals surface area contributed by atoms with Crippen LogP contribution in [-0.4, -0.2) is 46.7 Å². The predicted octanol–water partition coefficient (Wildman–Crippen LogP) is 0.623. The Labute approximate surface area is 117 Å². The van der Waals surface area contributed by atoms with Gasteiger partial charge in [-0.05, 0) is 31.0 Å². The van der Waals surface area contributed by atoms with Gasteiger partial charge in [-0.1, -0.05) is 30.3 Å². The Bertz CT molecular complexity index is 424. The second-order valence-electron chi connectivity index (χ2n) is 4.72. The summed E-state index contributed by atoms with van der Waals surface area (Å²) in [4.78, 5) is 20.7. The van der Waals surface area contributed by atoms with Crippen LogP contribution in [0.5, 0.6) is 0 Å². The summed E-state index contributed by atoms with van der Waals surface area (Å²) in [6.45, 7) is 4.30. The van der Waals surface area contributed by atoms with Gasteiger partial charge in [-0.25, -0.2) is 9.59 Å². The molecule has 20 heavy (non-hydrogen) atoms. The third-order valence-corrected chi connectivity index (χ3v) is 3.14. The van der Waals surface area contributed by atoms with Gasteiger partial charge in [0, 0.05) is 13.1 Å². The van der Waals surface area contributed by atoms with E-state index in [0.29, 0.717) is 0 Å². The number of hydrogen-bond acceptors (Lipinski definition) is 4. The number of carbonyl (C=O) groups is 2. The molecule has 0 radical (unpaired) electrons. The lowest BCUT2D eigenvalue weighted by Gasteiger charge is -2.15. The maximum Gasteiger partial charge on any atom is 0.414 e. The highest BCUT2D eigenvalue weighted by Gasteiger charge is 2.20. The van der Waals surface area contributed by atoms with Gasteiger partial charge in [0.15, 0.2) is 0 Å². The molecule has 6 heteroatoms. The van der Waals surface area contributed by atoms with E-state index >= 15 is 0 Å². The standard InChI is InChI=1S/C12H18N2.C2H2O4/c13-8-12-6-7-14(10-12)9-11-4-2-1-3-5-11;3-1(4)2(5)6/h1-5,12H,6-10,13H2;(H,3,4)(H,5,6). The zero-order valence-corrected chi connectivity index (χ0v) is 11.2. The summed E-state index contributed by atoms with van der Waals surface area (Å²) in [5.74, 6) is -2.93. The number of rotatable bonds is 3. The summed E-state index contributed by atoms with van der Waals surface area (Å²) in [7, 11) is 0. The number of likely N-dealkylation sites (tertiary alicyclic amines) is 1. The van der Waals surface area contributed by atoms with Crippen molar-refractivity contribution in [3.05, 3.63) is 35.9 Å². The summed E-state index contributed by atoms with van der Waals surface area (Å²) in [5.41, 5.74) is 7.07. The molecule has 0 aliphatic carbocycles. The molecule has 4 N–H and O–H groups in total. The first-order valence-electron chi connectivity index (χ1n) is 6.45. The van der Waals surface area contributed by atoms with Crippen molar-refractivity contribution in [2.45, 2.75) is 13.0 Å². The molecule has 1 heterocycles. The highest BCUT2D eigenvalue weighted by Crippen LogP contribution is 2.17. The van der Waals surface area contributed by atoms with E-state index in [1.54, 1.807) is 0 Å². The first-order chi connectivity index (χ1) is 9.52. The van der Waals surface area contributed by atoms with Crippen molar-refractivity contribution in [3.63, 3.8) is 0 Å². The molecule has 1 saturated heterocycles. The van der Waals surface area contributed by atoms with Gasteiger partial charge in [0.05, 0.1) is 0 Å². The smallest absolute Gasteiger partial charge is 0.414 e. The van der Waals surface area contributed by atoms with Gasteiger partial charge in [-0.3, -0.25) is 4.90 Å². The molecular weight excluding hydrogens is 260 g/mol. The van der Waals surface area contributed by atoms with Crippen LogP contribution < -0.4 is 5.73 Å². The molecule has 0 bridgehead atoms. The van der Waals surface area contributed by atoms with Crippen LogP contribution in [0.3, 0.4) is 0 Å². The minimum atomic E-state index is -1.82. The first-order valence-corrected chi connectivity index (χ1v) is 6.45. The molecule has 1 aliphatic heterocycles. The van der Waals surface area contributed by atoms with Crippen LogP contribution in [0.4, 0.5) is 0 Å². The van der Waals surface area contributed by atoms with Crippen LogP contribution in [0.1, 0.15) is 12.0 Å². The van der Waals surface area contributed by atoms with E-state index in [0.717, 1.165) is 19.0 Å². The largest absolute Gasteiger partial charge is 0.473 e. The van der Waals surface area contributed by atoms with Gasteiger partial charge in [-0.15, -0.1) is 0 Å². The molecule has 1 aliphatic rings. The number of nitrogens with zero attached hydrogens (tertiary/aromatic N) is 1. The average molecular weight is 280 g/mol. The summed E-state index contributed by atoms with van der Waals surface area (Å²) in [6.07, 6.45) is 1.27. The highest BCUT2D eigenvalue weighted by atomic mass is 16.4. The Morgan fingerprint density at radius 1 is 1.20 bits per heavy atom. The van der Waals surface area contributed by atoms with Crippen LogP contribution >= 0.6 is 0 Å². The van der Waals surface area contributed by atoms with Gasteiger partial charge in [0.25, 0.3) is 0 Å². The number of carboxylic acid groups (broad SMARTS) is 2. The van der Waals surface area contributed by atoms with Crippen molar-refractivity contribution in [1.29, 1.82) is 0 Å². The molecule has 0 amide bonds. The lowest BCUT2D eigenvalue weighted by Crippen LogP contribution is -2.22. The summed E-state index contributed by atoms with van der Waals surface area (Å²) >= 11 is 0. The van der Waals surface area contributed by atoms with E-state index in [1.807, 2.05) is 0 Å².